The van der Waals surface area contributed by atoms with E-state index in [2.05, 4.69) is 4.90 Å². The number of carbonyl (C=O) groups is 1. The van der Waals surface area contributed by atoms with Gasteiger partial charge in [0.25, 0.3) is 0 Å². The molecule has 1 atom stereocenters. The van der Waals surface area contributed by atoms with Crippen LogP contribution in [0.25, 0.3) is 0 Å². The van der Waals surface area contributed by atoms with E-state index < -0.39 is 11.5 Å². The summed E-state index contributed by atoms with van der Waals surface area (Å²) in [5, 5.41) is 9.14. The minimum Gasteiger partial charge on any atom is -0.480 e. The van der Waals surface area contributed by atoms with Crippen molar-refractivity contribution >= 4 is 5.97 Å². The first kappa shape index (κ1) is 10.5. The first-order valence-corrected chi connectivity index (χ1v) is 5.09. The van der Waals surface area contributed by atoms with Gasteiger partial charge in [-0.05, 0) is 39.3 Å². The maximum atomic E-state index is 11.1. The van der Waals surface area contributed by atoms with E-state index in [9.17, 15) is 4.79 Å². The summed E-state index contributed by atoms with van der Waals surface area (Å²) in [7, 11) is 0. The maximum Gasteiger partial charge on any atom is 0.323 e. The molecule has 1 rings (SSSR count). The van der Waals surface area contributed by atoms with Crippen molar-refractivity contribution in [1.82, 2.24) is 4.90 Å². The molecule has 1 saturated heterocycles. The Bertz CT molecular complexity index is 187. The molecule has 0 saturated carbocycles. The highest BCUT2D eigenvalue weighted by atomic mass is 16.4. The molecule has 0 aromatic carbocycles. The highest BCUT2D eigenvalue weighted by Gasteiger charge is 2.37. The molecule has 13 heavy (non-hydrogen) atoms. The minimum atomic E-state index is -0.683. The third kappa shape index (κ3) is 2.02. The molecule has 3 nitrogen and oxygen atoms in total. The van der Waals surface area contributed by atoms with E-state index in [1.165, 1.54) is 6.42 Å². The maximum absolute atomic E-state index is 11.1. The Labute approximate surface area is 79.7 Å². The molecule has 0 aromatic rings. The number of aliphatic carboxylic acids is 1. The Morgan fingerprint density at radius 1 is 1.38 bits per heavy atom. The van der Waals surface area contributed by atoms with Gasteiger partial charge < -0.3 is 5.11 Å². The summed E-state index contributed by atoms with van der Waals surface area (Å²) < 4.78 is 0. The van der Waals surface area contributed by atoms with Crippen molar-refractivity contribution in [3.05, 3.63) is 0 Å². The third-order valence-corrected chi connectivity index (χ3v) is 3.20. The van der Waals surface area contributed by atoms with Crippen molar-refractivity contribution in [2.75, 3.05) is 13.1 Å². The Hall–Kier alpha value is -0.570. The topological polar surface area (TPSA) is 40.5 Å². The predicted molar refractivity (Wildman–Crippen MR) is 51.8 cm³/mol. The molecule has 1 aliphatic heterocycles. The summed E-state index contributed by atoms with van der Waals surface area (Å²) in [5.41, 5.74) is -0.638. The van der Waals surface area contributed by atoms with Gasteiger partial charge in [0.15, 0.2) is 0 Å². The third-order valence-electron chi connectivity index (χ3n) is 3.20. The Morgan fingerprint density at radius 2 is 1.92 bits per heavy atom. The van der Waals surface area contributed by atoms with Crippen LogP contribution >= 0.6 is 0 Å². The summed E-state index contributed by atoms with van der Waals surface area (Å²) in [6.45, 7) is 5.66. The molecule has 0 amide bonds. The van der Waals surface area contributed by atoms with Crippen LogP contribution in [0.4, 0.5) is 0 Å². The fourth-order valence-corrected chi connectivity index (χ4v) is 1.90. The number of hydrogen-bond acceptors (Lipinski definition) is 2. The van der Waals surface area contributed by atoms with Crippen LogP contribution in [-0.2, 0) is 4.79 Å². The molecule has 0 spiro atoms. The van der Waals surface area contributed by atoms with E-state index >= 15 is 0 Å². The van der Waals surface area contributed by atoms with Crippen LogP contribution in [0, 0.1) is 0 Å². The molecular weight excluding hydrogens is 166 g/mol. The van der Waals surface area contributed by atoms with Crippen LogP contribution in [0.5, 0.6) is 0 Å². The highest BCUT2D eigenvalue weighted by Crippen LogP contribution is 2.23. The van der Waals surface area contributed by atoms with Crippen molar-refractivity contribution in [2.24, 2.45) is 0 Å². The van der Waals surface area contributed by atoms with Gasteiger partial charge in [0, 0.05) is 0 Å². The first-order valence-electron chi connectivity index (χ1n) is 5.09. The number of nitrogens with zero attached hydrogens (tertiary/aromatic N) is 1. The summed E-state index contributed by atoms with van der Waals surface area (Å²) in [6.07, 6.45) is 4.21. The van der Waals surface area contributed by atoms with E-state index in [1.807, 2.05) is 13.8 Å². The Morgan fingerprint density at radius 3 is 2.31 bits per heavy atom. The Kier molecular flexibility index (Phi) is 3.31. The zero-order valence-electron chi connectivity index (χ0n) is 8.55. The summed E-state index contributed by atoms with van der Waals surface area (Å²) in [6, 6.07) is 0. The Balaban J connectivity index is 2.68. The molecule has 76 valence electrons. The fraction of sp³-hybridized carbons (Fsp3) is 0.900. The molecule has 0 aromatic heterocycles. The standard InChI is InChI=1S/C10H19NO2/c1-3-10(2,9(12)13)11-7-5-4-6-8-11/h3-8H2,1-2H3,(H,12,13)/t10-/m0/s1. The van der Waals surface area contributed by atoms with E-state index in [-0.39, 0.29) is 0 Å². The lowest BCUT2D eigenvalue weighted by Gasteiger charge is -2.39. The number of likely N-dealkylation sites (tertiary alicyclic amines) is 1. The molecular formula is C10H19NO2. The van der Waals surface area contributed by atoms with Crippen molar-refractivity contribution in [3.8, 4) is 0 Å². The minimum absolute atomic E-state index is 0.638. The van der Waals surface area contributed by atoms with Crippen LogP contribution in [-0.4, -0.2) is 34.6 Å². The second-order valence-electron chi connectivity index (χ2n) is 3.98. The lowest BCUT2D eigenvalue weighted by Crippen LogP contribution is -2.53. The van der Waals surface area contributed by atoms with Gasteiger partial charge in [0.2, 0.25) is 0 Å². The number of rotatable bonds is 3. The van der Waals surface area contributed by atoms with E-state index in [1.54, 1.807) is 0 Å². The zero-order valence-corrected chi connectivity index (χ0v) is 8.55. The lowest BCUT2D eigenvalue weighted by molar-refractivity contribution is -0.151. The molecule has 1 aliphatic rings. The molecule has 1 heterocycles. The van der Waals surface area contributed by atoms with E-state index in [4.69, 9.17) is 5.11 Å². The number of hydrogen-bond donors (Lipinski definition) is 1. The molecule has 0 aliphatic carbocycles. The second kappa shape index (κ2) is 4.09. The van der Waals surface area contributed by atoms with Crippen molar-refractivity contribution in [1.29, 1.82) is 0 Å². The SMILES string of the molecule is CC[C@@](C)(C(=O)O)N1CCCCC1. The normalized spacial score (nSPS) is 23.8. The second-order valence-corrected chi connectivity index (χ2v) is 3.98. The van der Waals surface area contributed by atoms with Crippen LogP contribution in [0.3, 0.4) is 0 Å². The summed E-state index contributed by atoms with van der Waals surface area (Å²) >= 11 is 0. The van der Waals surface area contributed by atoms with Crippen molar-refractivity contribution in [3.63, 3.8) is 0 Å². The highest BCUT2D eigenvalue weighted by molar-refractivity contribution is 5.78. The number of carboxylic acid groups (broad SMARTS) is 1. The van der Waals surface area contributed by atoms with Crippen LogP contribution < -0.4 is 0 Å². The fourth-order valence-electron chi connectivity index (χ4n) is 1.90. The van der Waals surface area contributed by atoms with Gasteiger partial charge >= 0.3 is 5.97 Å². The smallest absolute Gasteiger partial charge is 0.323 e. The number of carboxylic acids is 1. The quantitative estimate of drug-likeness (QED) is 0.728. The van der Waals surface area contributed by atoms with E-state index in [0.717, 1.165) is 25.9 Å². The van der Waals surface area contributed by atoms with Crippen LogP contribution in [0.2, 0.25) is 0 Å². The summed E-state index contributed by atoms with van der Waals surface area (Å²) in [5.74, 6) is -0.683. The summed E-state index contributed by atoms with van der Waals surface area (Å²) in [4.78, 5) is 13.2. The monoisotopic (exact) mass is 185 g/mol. The lowest BCUT2D eigenvalue weighted by atomic mass is 9.94. The van der Waals surface area contributed by atoms with Crippen LogP contribution in [0.15, 0.2) is 0 Å². The van der Waals surface area contributed by atoms with Gasteiger partial charge in [-0.15, -0.1) is 0 Å². The number of piperidine rings is 1. The molecule has 0 bridgehead atoms. The molecule has 0 unspecified atom stereocenters. The molecule has 1 N–H and O–H groups in total. The largest absolute Gasteiger partial charge is 0.480 e. The van der Waals surface area contributed by atoms with Gasteiger partial charge in [-0.3, -0.25) is 9.69 Å². The molecule has 1 fully saturated rings. The van der Waals surface area contributed by atoms with Gasteiger partial charge in [0.05, 0.1) is 0 Å². The van der Waals surface area contributed by atoms with E-state index in [0.29, 0.717) is 6.42 Å². The average molecular weight is 185 g/mol. The molecule has 3 heteroatoms. The van der Waals surface area contributed by atoms with Crippen molar-refractivity contribution in [2.45, 2.75) is 45.1 Å². The van der Waals surface area contributed by atoms with Gasteiger partial charge in [-0.1, -0.05) is 13.3 Å². The first-order chi connectivity index (χ1) is 6.11. The average Bonchev–Trinajstić information content (AvgIpc) is 2.17. The predicted octanol–water partition coefficient (Wildman–Crippen LogP) is 1.73. The van der Waals surface area contributed by atoms with Gasteiger partial charge in [-0.2, -0.15) is 0 Å². The van der Waals surface area contributed by atoms with Crippen LogP contribution in [0.1, 0.15) is 39.5 Å². The van der Waals surface area contributed by atoms with Gasteiger partial charge in [0.1, 0.15) is 5.54 Å². The van der Waals surface area contributed by atoms with Gasteiger partial charge in [-0.25, -0.2) is 0 Å². The van der Waals surface area contributed by atoms with Crippen molar-refractivity contribution < 1.29 is 9.90 Å². The molecule has 0 radical (unpaired) electrons. The zero-order chi connectivity index (χ0) is 9.90.